The molecule has 2 aliphatic rings. The normalized spacial score (nSPS) is 22.6. The van der Waals surface area contributed by atoms with E-state index < -0.39 is 17.4 Å². The molecule has 0 aliphatic carbocycles. The smallest absolute Gasteiger partial charge is 0.131 e. The lowest BCUT2D eigenvalue weighted by atomic mass is 9.98. The molecular formula is C25H32F2N2O. The van der Waals surface area contributed by atoms with Crippen LogP contribution in [0.4, 0.5) is 14.5 Å². The molecule has 0 radical (unpaired) electrons. The Hall–Kier alpha value is -1.98. The van der Waals surface area contributed by atoms with Gasteiger partial charge in [0, 0.05) is 37.4 Å². The van der Waals surface area contributed by atoms with Crippen LogP contribution in [-0.2, 0) is 17.8 Å². The van der Waals surface area contributed by atoms with Crippen LogP contribution in [0.15, 0.2) is 42.5 Å². The van der Waals surface area contributed by atoms with Crippen molar-refractivity contribution in [1.29, 1.82) is 0 Å². The highest BCUT2D eigenvalue weighted by molar-refractivity contribution is 5.49. The Labute approximate surface area is 178 Å². The number of ether oxygens (including phenoxy) is 1. The molecule has 0 N–H and O–H groups in total. The average Bonchev–Trinajstić information content (AvgIpc) is 3.29. The number of likely N-dealkylation sites (tertiary alicyclic amines) is 1. The summed E-state index contributed by atoms with van der Waals surface area (Å²) in [7, 11) is 0. The molecule has 1 atom stereocenters. The Balaban J connectivity index is 1.42. The van der Waals surface area contributed by atoms with E-state index in [0.717, 1.165) is 57.3 Å². The van der Waals surface area contributed by atoms with Crippen molar-refractivity contribution in [3.63, 3.8) is 0 Å². The van der Waals surface area contributed by atoms with Gasteiger partial charge in [0.15, 0.2) is 0 Å². The van der Waals surface area contributed by atoms with Crippen molar-refractivity contribution < 1.29 is 13.5 Å². The summed E-state index contributed by atoms with van der Waals surface area (Å²) < 4.78 is 35.9. The summed E-state index contributed by atoms with van der Waals surface area (Å²) in [6.45, 7) is 5.88. The Morgan fingerprint density at radius 1 is 0.933 bits per heavy atom. The van der Waals surface area contributed by atoms with E-state index in [1.54, 1.807) is 0 Å². The van der Waals surface area contributed by atoms with Crippen molar-refractivity contribution in [3.05, 3.63) is 65.2 Å². The van der Waals surface area contributed by atoms with Crippen LogP contribution in [-0.4, -0.2) is 36.8 Å². The van der Waals surface area contributed by atoms with Crippen LogP contribution >= 0.6 is 0 Å². The van der Waals surface area contributed by atoms with Crippen LogP contribution in [0, 0.1) is 11.6 Å². The second kappa shape index (κ2) is 9.44. The van der Waals surface area contributed by atoms with Gasteiger partial charge in [-0.3, -0.25) is 4.90 Å². The molecule has 1 unspecified atom stereocenters. The predicted octanol–water partition coefficient (Wildman–Crippen LogP) is 5.53. The molecule has 4 rings (SSSR count). The van der Waals surface area contributed by atoms with Crippen molar-refractivity contribution in [2.24, 2.45) is 0 Å². The molecule has 0 saturated carbocycles. The summed E-state index contributed by atoms with van der Waals surface area (Å²) in [5.74, 6) is -0.860. The van der Waals surface area contributed by atoms with E-state index in [4.69, 9.17) is 4.74 Å². The summed E-state index contributed by atoms with van der Waals surface area (Å²) in [5, 5.41) is 0. The van der Waals surface area contributed by atoms with E-state index in [1.807, 2.05) is 18.2 Å². The summed E-state index contributed by atoms with van der Waals surface area (Å²) in [5.41, 5.74) is 1.59. The van der Waals surface area contributed by atoms with Crippen molar-refractivity contribution in [2.75, 3.05) is 31.1 Å². The van der Waals surface area contributed by atoms with Gasteiger partial charge in [-0.2, -0.15) is 0 Å². The van der Waals surface area contributed by atoms with Gasteiger partial charge in [-0.05, 0) is 63.1 Å². The van der Waals surface area contributed by atoms with Crippen LogP contribution in [0.1, 0.15) is 50.2 Å². The fourth-order valence-electron chi connectivity index (χ4n) is 4.71. The van der Waals surface area contributed by atoms with Crippen molar-refractivity contribution >= 4 is 5.69 Å². The molecule has 30 heavy (non-hydrogen) atoms. The van der Waals surface area contributed by atoms with Gasteiger partial charge in [0.2, 0.25) is 0 Å². The maximum absolute atomic E-state index is 14.8. The molecule has 2 aromatic carbocycles. The molecule has 0 bridgehead atoms. The van der Waals surface area contributed by atoms with Gasteiger partial charge in [0.25, 0.3) is 0 Å². The van der Waals surface area contributed by atoms with Gasteiger partial charge in [-0.25, -0.2) is 8.78 Å². The number of hydrogen-bond acceptors (Lipinski definition) is 3. The number of rotatable bonds is 7. The van der Waals surface area contributed by atoms with E-state index in [1.165, 1.54) is 12.1 Å². The van der Waals surface area contributed by atoms with Gasteiger partial charge in [-0.15, -0.1) is 0 Å². The summed E-state index contributed by atoms with van der Waals surface area (Å²) >= 11 is 0. The lowest BCUT2D eigenvalue weighted by molar-refractivity contribution is -0.170. The van der Waals surface area contributed by atoms with Gasteiger partial charge < -0.3 is 9.64 Å². The number of nitrogens with zero attached hydrogens (tertiary/aromatic N) is 2. The molecule has 0 aromatic heterocycles. The molecular weight excluding hydrogens is 382 g/mol. The SMILES string of the molecule is CC1(OCc2ccccc2)CCCCN1CCc1c(F)cc(N2CCCC2)cc1F. The number of benzene rings is 2. The largest absolute Gasteiger partial charge is 0.371 e. The highest BCUT2D eigenvalue weighted by Gasteiger charge is 2.35. The fourth-order valence-corrected chi connectivity index (χ4v) is 4.71. The van der Waals surface area contributed by atoms with Crippen LogP contribution in [0.5, 0.6) is 0 Å². The first kappa shape index (κ1) is 21.3. The topological polar surface area (TPSA) is 15.7 Å². The first-order valence-corrected chi connectivity index (χ1v) is 11.2. The Bertz CT molecular complexity index is 815. The molecule has 162 valence electrons. The number of halogens is 2. The third-order valence-electron chi connectivity index (χ3n) is 6.61. The van der Waals surface area contributed by atoms with Crippen LogP contribution in [0.25, 0.3) is 0 Å². The molecule has 2 aliphatic heterocycles. The van der Waals surface area contributed by atoms with Gasteiger partial charge in [0.1, 0.15) is 17.4 Å². The van der Waals surface area contributed by atoms with E-state index in [0.29, 0.717) is 25.3 Å². The maximum atomic E-state index is 14.8. The van der Waals surface area contributed by atoms with Crippen LogP contribution in [0.3, 0.4) is 0 Å². The number of hydrogen-bond donors (Lipinski definition) is 0. The van der Waals surface area contributed by atoms with E-state index in [2.05, 4.69) is 28.9 Å². The minimum Gasteiger partial charge on any atom is -0.371 e. The second-order valence-electron chi connectivity index (χ2n) is 8.73. The zero-order chi connectivity index (χ0) is 21.0. The summed E-state index contributed by atoms with van der Waals surface area (Å²) in [6.07, 6.45) is 5.64. The van der Waals surface area contributed by atoms with E-state index in [9.17, 15) is 8.78 Å². The maximum Gasteiger partial charge on any atom is 0.131 e. The van der Waals surface area contributed by atoms with E-state index >= 15 is 0 Å². The standard InChI is InChI=1S/C25H32F2N2O/c1-25(30-19-20-9-3-2-4-10-20)12-5-6-15-29(25)16-11-22-23(26)17-21(18-24(22)27)28-13-7-8-14-28/h2-4,9-10,17-18H,5-8,11-16,19H2,1H3. The van der Waals surface area contributed by atoms with Crippen molar-refractivity contribution in [1.82, 2.24) is 4.90 Å². The lowest BCUT2D eigenvalue weighted by Gasteiger charge is -2.44. The quantitative estimate of drug-likeness (QED) is 0.593. The minimum absolute atomic E-state index is 0.189. The number of anilines is 1. The van der Waals surface area contributed by atoms with Gasteiger partial charge in [0.05, 0.1) is 6.61 Å². The highest BCUT2D eigenvalue weighted by atomic mass is 19.1. The molecule has 2 fully saturated rings. The third-order valence-corrected chi connectivity index (χ3v) is 6.61. The molecule has 3 nitrogen and oxygen atoms in total. The zero-order valence-electron chi connectivity index (χ0n) is 17.9. The Morgan fingerprint density at radius 3 is 2.30 bits per heavy atom. The fraction of sp³-hybridized carbons (Fsp3) is 0.520. The number of piperidine rings is 1. The van der Waals surface area contributed by atoms with Gasteiger partial charge >= 0.3 is 0 Å². The lowest BCUT2D eigenvalue weighted by Crippen LogP contribution is -2.52. The molecule has 0 amide bonds. The molecule has 0 spiro atoms. The average molecular weight is 415 g/mol. The van der Waals surface area contributed by atoms with Crippen LogP contribution in [0.2, 0.25) is 0 Å². The minimum atomic E-state index is -0.430. The Morgan fingerprint density at radius 2 is 1.60 bits per heavy atom. The summed E-state index contributed by atoms with van der Waals surface area (Å²) in [6, 6.07) is 13.1. The predicted molar refractivity (Wildman–Crippen MR) is 117 cm³/mol. The van der Waals surface area contributed by atoms with E-state index in [-0.39, 0.29) is 5.56 Å². The highest BCUT2D eigenvalue weighted by Crippen LogP contribution is 2.31. The zero-order valence-corrected chi connectivity index (χ0v) is 17.9. The first-order chi connectivity index (χ1) is 14.5. The molecule has 2 heterocycles. The van der Waals surface area contributed by atoms with Crippen LogP contribution < -0.4 is 4.90 Å². The molecule has 5 heteroatoms. The molecule has 2 saturated heterocycles. The first-order valence-electron chi connectivity index (χ1n) is 11.2. The Kier molecular flexibility index (Phi) is 6.69. The molecule has 2 aromatic rings. The summed E-state index contributed by atoms with van der Waals surface area (Å²) in [4.78, 5) is 4.32. The monoisotopic (exact) mass is 414 g/mol. The van der Waals surface area contributed by atoms with Gasteiger partial charge in [-0.1, -0.05) is 30.3 Å². The van der Waals surface area contributed by atoms with Crippen molar-refractivity contribution in [2.45, 2.75) is 57.8 Å². The third kappa shape index (κ3) is 4.84. The second-order valence-corrected chi connectivity index (χ2v) is 8.73. The van der Waals surface area contributed by atoms with Crippen molar-refractivity contribution in [3.8, 4) is 0 Å².